The number of ether oxygens (including phenoxy) is 1. The third kappa shape index (κ3) is 1.98. The number of hydrogen-bond acceptors (Lipinski definition) is 4. The minimum absolute atomic E-state index is 0.269. The van der Waals surface area contributed by atoms with Gasteiger partial charge in [-0.2, -0.15) is 0 Å². The van der Waals surface area contributed by atoms with E-state index in [0.29, 0.717) is 0 Å². The molecule has 1 aliphatic rings. The first-order valence-electron chi connectivity index (χ1n) is 4.58. The largest absolute Gasteiger partial charge is 0.472 e. The van der Waals surface area contributed by atoms with Crippen molar-refractivity contribution >= 4 is 0 Å². The Bertz CT molecular complexity index is 267. The van der Waals surface area contributed by atoms with E-state index in [9.17, 15) is 0 Å². The Morgan fingerprint density at radius 2 is 2.62 bits per heavy atom. The van der Waals surface area contributed by atoms with E-state index in [0.717, 1.165) is 25.4 Å². The zero-order chi connectivity index (χ0) is 9.10. The van der Waals surface area contributed by atoms with Crippen LogP contribution < -0.4 is 10.1 Å². The average Bonchev–Trinajstić information content (AvgIpc) is 2.54. The van der Waals surface area contributed by atoms with Crippen molar-refractivity contribution in [3.63, 3.8) is 0 Å². The van der Waals surface area contributed by atoms with Gasteiger partial charge in [-0.05, 0) is 19.4 Å². The van der Waals surface area contributed by atoms with Gasteiger partial charge in [-0.3, -0.25) is 0 Å². The summed E-state index contributed by atoms with van der Waals surface area (Å²) in [6, 6.07) is 0. The molecule has 1 N–H and O–H groups in total. The van der Waals surface area contributed by atoms with Crippen molar-refractivity contribution < 1.29 is 4.74 Å². The van der Waals surface area contributed by atoms with Crippen molar-refractivity contribution in [2.24, 2.45) is 7.05 Å². The van der Waals surface area contributed by atoms with Crippen molar-refractivity contribution in [1.29, 1.82) is 0 Å². The Morgan fingerprint density at radius 3 is 3.23 bits per heavy atom. The predicted molar refractivity (Wildman–Crippen MR) is 47.5 cm³/mol. The summed E-state index contributed by atoms with van der Waals surface area (Å²) < 4.78 is 7.35. The van der Waals surface area contributed by atoms with Gasteiger partial charge in [0, 0.05) is 13.6 Å². The zero-order valence-corrected chi connectivity index (χ0v) is 7.73. The number of aromatic nitrogens is 3. The minimum atomic E-state index is 0.269. The standard InChI is InChI=1S/C8H14N4O/c1-12-8(6-10-11-12)13-7-3-2-4-9-5-7/h6-7,9H,2-5H2,1H3. The molecule has 1 aromatic rings. The second kappa shape index (κ2) is 3.74. The molecule has 1 aromatic heterocycles. The highest BCUT2D eigenvalue weighted by Gasteiger charge is 2.15. The highest BCUT2D eigenvalue weighted by atomic mass is 16.5. The summed E-state index contributed by atoms with van der Waals surface area (Å²) in [5, 5.41) is 10.8. The van der Waals surface area contributed by atoms with Crippen molar-refractivity contribution in [2.75, 3.05) is 13.1 Å². The smallest absolute Gasteiger partial charge is 0.232 e. The van der Waals surface area contributed by atoms with E-state index in [4.69, 9.17) is 4.74 Å². The van der Waals surface area contributed by atoms with E-state index in [2.05, 4.69) is 15.6 Å². The van der Waals surface area contributed by atoms with Gasteiger partial charge < -0.3 is 10.1 Å². The quantitative estimate of drug-likeness (QED) is 0.696. The van der Waals surface area contributed by atoms with Crippen LogP contribution in [-0.2, 0) is 7.05 Å². The van der Waals surface area contributed by atoms with Gasteiger partial charge in [0.05, 0.1) is 0 Å². The van der Waals surface area contributed by atoms with Crippen molar-refractivity contribution in [1.82, 2.24) is 20.3 Å². The number of nitrogens with one attached hydrogen (secondary N) is 1. The third-order valence-corrected chi connectivity index (χ3v) is 2.21. The molecule has 0 saturated carbocycles. The fraction of sp³-hybridized carbons (Fsp3) is 0.750. The molecule has 1 aliphatic heterocycles. The SMILES string of the molecule is Cn1nncc1OC1CCCNC1. The molecular weight excluding hydrogens is 168 g/mol. The van der Waals surface area contributed by atoms with E-state index in [1.54, 1.807) is 10.9 Å². The molecule has 5 heteroatoms. The molecule has 0 bridgehead atoms. The van der Waals surface area contributed by atoms with Gasteiger partial charge in [0.1, 0.15) is 12.3 Å². The lowest BCUT2D eigenvalue weighted by molar-refractivity contribution is 0.153. The number of nitrogens with zero attached hydrogens (tertiary/aromatic N) is 3. The fourth-order valence-electron chi connectivity index (χ4n) is 1.48. The first-order chi connectivity index (χ1) is 6.36. The van der Waals surface area contributed by atoms with E-state index in [-0.39, 0.29) is 6.10 Å². The third-order valence-electron chi connectivity index (χ3n) is 2.21. The molecule has 1 atom stereocenters. The first kappa shape index (κ1) is 8.50. The molecule has 0 radical (unpaired) electrons. The van der Waals surface area contributed by atoms with Crippen LogP contribution in [0.15, 0.2) is 6.20 Å². The molecule has 1 unspecified atom stereocenters. The number of hydrogen-bond donors (Lipinski definition) is 1. The van der Waals surface area contributed by atoms with E-state index >= 15 is 0 Å². The van der Waals surface area contributed by atoms with Crippen LogP contribution in [-0.4, -0.2) is 34.2 Å². The summed E-state index contributed by atoms with van der Waals surface area (Å²) in [6.45, 7) is 2.02. The van der Waals surface area contributed by atoms with Crippen LogP contribution in [0.1, 0.15) is 12.8 Å². The summed E-state index contributed by atoms with van der Waals surface area (Å²) in [6.07, 6.45) is 4.20. The average molecular weight is 182 g/mol. The lowest BCUT2D eigenvalue weighted by Crippen LogP contribution is -2.37. The topological polar surface area (TPSA) is 52.0 Å². The molecule has 72 valence electrons. The lowest BCUT2D eigenvalue weighted by atomic mass is 10.1. The molecule has 0 aromatic carbocycles. The second-order valence-electron chi connectivity index (χ2n) is 3.28. The maximum atomic E-state index is 5.70. The van der Waals surface area contributed by atoms with Gasteiger partial charge in [0.15, 0.2) is 0 Å². The monoisotopic (exact) mass is 182 g/mol. The van der Waals surface area contributed by atoms with Crippen LogP contribution in [0.4, 0.5) is 0 Å². The number of piperidine rings is 1. The van der Waals surface area contributed by atoms with Crippen LogP contribution in [0.3, 0.4) is 0 Å². The van der Waals surface area contributed by atoms with Crippen molar-refractivity contribution in [3.8, 4) is 5.88 Å². The van der Waals surface area contributed by atoms with Gasteiger partial charge in [-0.15, -0.1) is 5.10 Å². The zero-order valence-electron chi connectivity index (χ0n) is 7.73. The van der Waals surface area contributed by atoms with E-state index in [1.165, 1.54) is 6.42 Å². The van der Waals surface area contributed by atoms with Crippen molar-refractivity contribution in [3.05, 3.63) is 6.20 Å². The molecule has 1 saturated heterocycles. The van der Waals surface area contributed by atoms with Crippen molar-refractivity contribution in [2.45, 2.75) is 18.9 Å². The Hall–Kier alpha value is -1.10. The highest BCUT2D eigenvalue weighted by Crippen LogP contribution is 2.12. The van der Waals surface area contributed by atoms with Gasteiger partial charge in [0.25, 0.3) is 0 Å². The van der Waals surface area contributed by atoms with Gasteiger partial charge in [-0.25, -0.2) is 4.68 Å². The van der Waals surface area contributed by atoms with Crippen LogP contribution in [0.25, 0.3) is 0 Å². The Balaban J connectivity index is 1.93. The Morgan fingerprint density at radius 1 is 1.69 bits per heavy atom. The fourth-order valence-corrected chi connectivity index (χ4v) is 1.48. The Kier molecular flexibility index (Phi) is 2.44. The van der Waals surface area contributed by atoms with Crippen LogP contribution in [0, 0.1) is 0 Å². The molecule has 0 spiro atoms. The highest BCUT2D eigenvalue weighted by molar-refractivity contribution is 5.01. The second-order valence-corrected chi connectivity index (χ2v) is 3.28. The summed E-state index contributed by atoms with van der Waals surface area (Å²) in [5.74, 6) is 0.744. The molecule has 2 heterocycles. The van der Waals surface area contributed by atoms with Crippen LogP contribution >= 0.6 is 0 Å². The number of aryl methyl sites for hydroxylation is 1. The summed E-state index contributed by atoms with van der Waals surface area (Å²) in [4.78, 5) is 0. The number of rotatable bonds is 2. The van der Waals surface area contributed by atoms with Gasteiger partial charge in [0.2, 0.25) is 5.88 Å². The molecule has 13 heavy (non-hydrogen) atoms. The van der Waals surface area contributed by atoms with Crippen LogP contribution in [0.2, 0.25) is 0 Å². The summed E-state index contributed by atoms with van der Waals surface area (Å²) >= 11 is 0. The first-order valence-corrected chi connectivity index (χ1v) is 4.58. The molecule has 0 aliphatic carbocycles. The molecule has 1 fully saturated rings. The Labute approximate surface area is 77.1 Å². The van der Waals surface area contributed by atoms with E-state index < -0.39 is 0 Å². The molecular formula is C8H14N4O. The van der Waals surface area contributed by atoms with Gasteiger partial charge in [-0.1, -0.05) is 5.21 Å². The van der Waals surface area contributed by atoms with Gasteiger partial charge >= 0.3 is 0 Å². The molecule has 0 amide bonds. The lowest BCUT2D eigenvalue weighted by Gasteiger charge is -2.23. The van der Waals surface area contributed by atoms with Crippen LogP contribution in [0.5, 0.6) is 5.88 Å². The summed E-state index contributed by atoms with van der Waals surface area (Å²) in [7, 11) is 1.83. The molecule has 2 rings (SSSR count). The maximum absolute atomic E-state index is 5.70. The van der Waals surface area contributed by atoms with E-state index in [1.807, 2.05) is 7.05 Å². The molecule has 5 nitrogen and oxygen atoms in total. The summed E-state index contributed by atoms with van der Waals surface area (Å²) in [5.41, 5.74) is 0. The maximum Gasteiger partial charge on any atom is 0.232 e. The predicted octanol–water partition coefficient (Wildman–Crippen LogP) is -0.0541. The normalized spacial score (nSPS) is 23.0. The minimum Gasteiger partial charge on any atom is -0.472 e.